The number of hydrogen-bond acceptors (Lipinski definition) is 7. The average Bonchev–Trinajstić information content (AvgIpc) is 2.77. The summed E-state index contributed by atoms with van der Waals surface area (Å²) in [6.07, 6.45) is -0.936. The Morgan fingerprint density at radius 3 is 1.90 bits per heavy atom. The van der Waals surface area contributed by atoms with Crippen LogP contribution in [0.1, 0.15) is 86.6 Å². The Bertz CT molecular complexity index is 872. The molecule has 0 aliphatic carbocycles. The van der Waals surface area contributed by atoms with Gasteiger partial charge in [-0.1, -0.05) is 58.0 Å². The van der Waals surface area contributed by atoms with Crippen LogP contribution in [0.3, 0.4) is 0 Å². The quantitative estimate of drug-likeness (QED) is 0.198. The Morgan fingerprint density at radius 1 is 0.875 bits per heavy atom. The van der Waals surface area contributed by atoms with E-state index < -0.39 is 42.3 Å². The number of carbonyl (C=O) groups is 3. The summed E-state index contributed by atoms with van der Waals surface area (Å²) < 4.78 is 5.10. The fraction of sp³-hybridized carbons (Fsp3) is 0.700. The number of alkyl carbamates (subject to hydrolysis) is 1. The number of carboxylic acids is 1. The van der Waals surface area contributed by atoms with Gasteiger partial charge in [0.05, 0.1) is 31.1 Å². The highest BCUT2D eigenvalue weighted by atomic mass is 16.6. The lowest BCUT2D eigenvalue weighted by molar-refractivity contribution is -0.139. The largest absolute Gasteiger partial charge is 0.481 e. The van der Waals surface area contributed by atoms with E-state index in [1.54, 1.807) is 20.8 Å². The van der Waals surface area contributed by atoms with Gasteiger partial charge in [0.15, 0.2) is 0 Å². The first-order valence-corrected chi connectivity index (χ1v) is 14.1. The Labute approximate surface area is 240 Å². The molecule has 0 spiro atoms. The van der Waals surface area contributed by atoms with Crippen molar-refractivity contribution in [1.29, 1.82) is 0 Å². The third-order valence-electron chi connectivity index (χ3n) is 5.70. The van der Waals surface area contributed by atoms with Crippen LogP contribution in [-0.4, -0.2) is 69.2 Å². The standard InChI is InChI=1S/C17H28N2O2.C13H25NO5/c1-12(2)9-15(18)16(20)11-17(21)19-13(3)10-14-7-5-4-6-8-14;1-8(2)6-9(10(15)7-11(16)17)14-12(18)19-13(3,4)5/h4-8,12-13,15-16,20H,9-11,18H2,1-3H3,(H,19,21);8-10,15H,6-7H2,1-5H3,(H,14,18)(H,16,17)/t13?,15-,16-;9-,10-/m00/s1. The van der Waals surface area contributed by atoms with E-state index in [0.29, 0.717) is 18.8 Å². The topological polar surface area (TPSA) is 171 Å². The Morgan fingerprint density at radius 2 is 1.43 bits per heavy atom. The van der Waals surface area contributed by atoms with Gasteiger partial charge in [-0.25, -0.2) is 4.79 Å². The fourth-order valence-corrected chi connectivity index (χ4v) is 4.00. The smallest absolute Gasteiger partial charge is 0.407 e. The summed E-state index contributed by atoms with van der Waals surface area (Å²) in [6, 6.07) is 9.07. The zero-order valence-electron chi connectivity index (χ0n) is 25.5. The van der Waals surface area contributed by atoms with Crippen molar-refractivity contribution in [1.82, 2.24) is 10.6 Å². The summed E-state index contributed by atoms with van der Waals surface area (Å²) >= 11 is 0. The van der Waals surface area contributed by atoms with E-state index in [2.05, 4.69) is 24.5 Å². The molecule has 1 unspecified atom stereocenters. The zero-order chi connectivity index (χ0) is 31.0. The molecule has 0 fully saturated rings. The summed E-state index contributed by atoms with van der Waals surface area (Å²) in [5.74, 6) is -0.629. The van der Waals surface area contributed by atoms with Crippen LogP contribution in [0, 0.1) is 11.8 Å². The maximum atomic E-state index is 11.9. The summed E-state index contributed by atoms with van der Waals surface area (Å²) in [5, 5.41) is 33.9. The summed E-state index contributed by atoms with van der Waals surface area (Å²) in [6.45, 7) is 15.1. The van der Waals surface area contributed by atoms with Crippen molar-refractivity contribution in [2.24, 2.45) is 17.6 Å². The van der Waals surface area contributed by atoms with Crippen LogP contribution in [0.2, 0.25) is 0 Å². The second-order valence-electron chi connectivity index (χ2n) is 12.3. The van der Waals surface area contributed by atoms with Crippen LogP contribution < -0.4 is 16.4 Å². The number of aliphatic carboxylic acids is 1. The van der Waals surface area contributed by atoms with Crippen molar-refractivity contribution < 1.29 is 34.4 Å². The van der Waals surface area contributed by atoms with Crippen LogP contribution in [-0.2, 0) is 20.7 Å². The van der Waals surface area contributed by atoms with Crippen LogP contribution in [0.5, 0.6) is 0 Å². The predicted molar refractivity (Wildman–Crippen MR) is 157 cm³/mol. The van der Waals surface area contributed by atoms with Crippen molar-refractivity contribution in [2.45, 2.75) is 123 Å². The number of amides is 2. The molecule has 5 atom stereocenters. The first-order chi connectivity index (χ1) is 18.4. The SMILES string of the molecule is CC(C)C[C@H](N)[C@@H](O)CC(=O)NC(C)Cc1ccccc1.CC(C)C[C@H](NC(=O)OC(C)(C)C)[C@@H](O)CC(=O)O. The molecule has 7 N–H and O–H groups in total. The van der Waals surface area contributed by atoms with Crippen LogP contribution in [0.15, 0.2) is 30.3 Å². The number of rotatable bonds is 14. The third-order valence-corrected chi connectivity index (χ3v) is 5.70. The summed E-state index contributed by atoms with van der Waals surface area (Å²) in [5.41, 5.74) is 6.44. The number of benzene rings is 1. The molecule has 10 heteroatoms. The third kappa shape index (κ3) is 19.4. The van der Waals surface area contributed by atoms with E-state index in [1.807, 2.05) is 51.1 Å². The van der Waals surface area contributed by atoms with Crippen molar-refractivity contribution in [3.8, 4) is 0 Å². The maximum Gasteiger partial charge on any atom is 0.407 e. The number of ether oxygens (including phenoxy) is 1. The highest BCUT2D eigenvalue weighted by Gasteiger charge is 2.27. The van der Waals surface area contributed by atoms with E-state index >= 15 is 0 Å². The highest BCUT2D eigenvalue weighted by Crippen LogP contribution is 2.13. The Balaban J connectivity index is 0.000000765. The van der Waals surface area contributed by atoms with Gasteiger partial charge < -0.3 is 36.4 Å². The van der Waals surface area contributed by atoms with Gasteiger partial charge in [-0.2, -0.15) is 0 Å². The van der Waals surface area contributed by atoms with Crippen LogP contribution in [0.25, 0.3) is 0 Å². The van der Waals surface area contributed by atoms with Gasteiger partial charge >= 0.3 is 12.1 Å². The number of nitrogens with one attached hydrogen (secondary N) is 2. The van der Waals surface area contributed by atoms with E-state index in [4.69, 9.17) is 15.6 Å². The number of carbonyl (C=O) groups excluding carboxylic acids is 2. The fourth-order valence-electron chi connectivity index (χ4n) is 4.00. The van der Waals surface area contributed by atoms with Gasteiger partial charge in [-0.3, -0.25) is 9.59 Å². The molecule has 40 heavy (non-hydrogen) atoms. The Kier molecular flexibility index (Phi) is 17.4. The minimum atomic E-state index is -1.13. The van der Waals surface area contributed by atoms with E-state index in [0.717, 1.165) is 6.42 Å². The van der Waals surface area contributed by atoms with Gasteiger partial charge in [0.1, 0.15) is 5.60 Å². The van der Waals surface area contributed by atoms with Gasteiger partial charge in [0.2, 0.25) is 5.91 Å². The molecular formula is C30H53N3O7. The molecule has 0 aromatic heterocycles. The monoisotopic (exact) mass is 567 g/mol. The van der Waals surface area contributed by atoms with Gasteiger partial charge in [0, 0.05) is 12.1 Å². The number of hydrogen-bond donors (Lipinski definition) is 6. The second kappa shape index (κ2) is 18.6. The lowest BCUT2D eigenvalue weighted by Gasteiger charge is -2.27. The van der Waals surface area contributed by atoms with E-state index in [-0.39, 0.29) is 30.3 Å². The van der Waals surface area contributed by atoms with Crippen LogP contribution in [0.4, 0.5) is 4.79 Å². The molecule has 2 amide bonds. The predicted octanol–water partition coefficient (Wildman–Crippen LogP) is 3.62. The van der Waals surface area contributed by atoms with Gasteiger partial charge in [-0.05, 0) is 64.4 Å². The van der Waals surface area contributed by atoms with Gasteiger partial charge in [0.25, 0.3) is 0 Å². The molecule has 0 saturated carbocycles. The maximum absolute atomic E-state index is 11.9. The van der Waals surface area contributed by atoms with Crippen molar-refractivity contribution in [3.05, 3.63) is 35.9 Å². The Hall–Kier alpha value is -2.69. The number of carboxylic acid groups (broad SMARTS) is 1. The molecule has 1 aromatic carbocycles. The molecule has 10 nitrogen and oxygen atoms in total. The lowest BCUT2D eigenvalue weighted by Crippen LogP contribution is -2.46. The van der Waals surface area contributed by atoms with Crippen molar-refractivity contribution in [3.63, 3.8) is 0 Å². The van der Waals surface area contributed by atoms with Crippen LogP contribution >= 0.6 is 0 Å². The van der Waals surface area contributed by atoms with Crippen molar-refractivity contribution in [2.75, 3.05) is 0 Å². The normalized spacial score (nSPS) is 15.2. The van der Waals surface area contributed by atoms with E-state index in [1.165, 1.54) is 5.56 Å². The van der Waals surface area contributed by atoms with Gasteiger partial charge in [-0.15, -0.1) is 0 Å². The minimum Gasteiger partial charge on any atom is -0.481 e. The first-order valence-electron chi connectivity index (χ1n) is 14.1. The van der Waals surface area contributed by atoms with E-state index in [9.17, 15) is 24.6 Å². The molecule has 0 heterocycles. The zero-order valence-corrected chi connectivity index (χ0v) is 25.5. The number of nitrogens with two attached hydrogens (primary N) is 1. The molecule has 1 aromatic rings. The lowest BCUT2D eigenvalue weighted by atomic mass is 9.97. The second-order valence-corrected chi connectivity index (χ2v) is 12.3. The number of aliphatic hydroxyl groups is 2. The molecule has 0 aliphatic rings. The molecule has 0 radical (unpaired) electrons. The first kappa shape index (κ1) is 37.3. The molecule has 230 valence electrons. The summed E-state index contributed by atoms with van der Waals surface area (Å²) in [7, 11) is 0. The summed E-state index contributed by atoms with van der Waals surface area (Å²) in [4.78, 5) is 34.2. The number of aliphatic hydroxyl groups excluding tert-OH is 2. The molecule has 1 rings (SSSR count). The van der Waals surface area contributed by atoms with Crippen molar-refractivity contribution >= 4 is 18.0 Å². The molecule has 0 saturated heterocycles. The highest BCUT2D eigenvalue weighted by molar-refractivity contribution is 5.76. The molecule has 0 bridgehead atoms. The minimum absolute atomic E-state index is 0.0356. The average molecular weight is 568 g/mol. The molecular weight excluding hydrogens is 514 g/mol. The molecule has 0 aliphatic heterocycles.